The first-order valence-electron chi connectivity index (χ1n) is 5.26. The molecular formula is C12H15BrClNO2. The van der Waals surface area contributed by atoms with E-state index in [4.69, 9.17) is 16.3 Å². The smallest absolute Gasteiger partial charge is 0.252 e. The topological polar surface area (TPSA) is 38.3 Å². The highest BCUT2D eigenvalue weighted by molar-refractivity contribution is 9.10. The van der Waals surface area contributed by atoms with Crippen molar-refractivity contribution in [2.24, 2.45) is 5.92 Å². The molecule has 1 aromatic carbocycles. The molecule has 0 aromatic heterocycles. The maximum absolute atomic E-state index is 11.9. The molecule has 0 radical (unpaired) electrons. The molecule has 1 amide bonds. The molecule has 1 N–H and O–H groups in total. The number of carbonyl (C=O) groups is 1. The van der Waals surface area contributed by atoms with Crippen LogP contribution in [0.1, 0.15) is 17.3 Å². The van der Waals surface area contributed by atoms with Gasteiger partial charge >= 0.3 is 0 Å². The fraction of sp³-hybridized carbons (Fsp3) is 0.417. The SMILES string of the molecule is COCC(C)CNC(=O)c1cc(Br)ccc1Cl. The van der Waals surface area contributed by atoms with Crippen molar-refractivity contribution in [2.75, 3.05) is 20.3 Å². The summed E-state index contributed by atoms with van der Waals surface area (Å²) in [4.78, 5) is 11.9. The van der Waals surface area contributed by atoms with Gasteiger partial charge in [0.2, 0.25) is 0 Å². The molecule has 5 heteroatoms. The van der Waals surface area contributed by atoms with Crippen LogP contribution in [0.25, 0.3) is 0 Å². The molecule has 0 spiro atoms. The number of methoxy groups -OCH3 is 1. The number of rotatable bonds is 5. The molecular weight excluding hydrogens is 305 g/mol. The van der Waals surface area contributed by atoms with E-state index in [0.29, 0.717) is 23.7 Å². The van der Waals surface area contributed by atoms with Crippen molar-refractivity contribution in [2.45, 2.75) is 6.92 Å². The van der Waals surface area contributed by atoms with Crippen LogP contribution < -0.4 is 5.32 Å². The monoisotopic (exact) mass is 319 g/mol. The minimum absolute atomic E-state index is 0.167. The summed E-state index contributed by atoms with van der Waals surface area (Å²) in [5, 5.41) is 3.28. The maximum Gasteiger partial charge on any atom is 0.252 e. The van der Waals surface area contributed by atoms with Gasteiger partial charge < -0.3 is 10.1 Å². The molecule has 1 rings (SSSR count). The minimum atomic E-state index is -0.167. The third kappa shape index (κ3) is 4.66. The van der Waals surface area contributed by atoms with Crippen LogP contribution in [0.4, 0.5) is 0 Å². The predicted molar refractivity (Wildman–Crippen MR) is 72.5 cm³/mol. The zero-order valence-corrected chi connectivity index (χ0v) is 12.1. The van der Waals surface area contributed by atoms with E-state index in [1.54, 1.807) is 25.3 Å². The Morgan fingerprint density at radius 3 is 2.94 bits per heavy atom. The van der Waals surface area contributed by atoms with Crippen LogP contribution in [0.15, 0.2) is 22.7 Å². The fourth-order valence-electron chi connectivity index (χ4n) is 1.38. The van der Waals surface area contributed by atoms with E-state index < -0.39 is 0 Å². The summed E-state index contributed by atoms with van der Waals surface area (Å²) in [5.41, 5.74) is 0.477. The number of ether oxygens (including phenoxy) is 1. The molecule has 0 aliphatic heterocycles. The molecule has 1 unspecified atom stereocenters. The van der Waals surface area contributed by atoms with Crippen molar-refractivity contribution in [1.82, 2.24) is 5.32 Å². The normalized spacial score (nSPS) is 12.2. The van der Waals surface area contributed by atoms with Crippen LogP contribution in [0.2, 0.25) is 5.02 Å². The Kier molecular flexibility index (Phi) is 5.95. The van der Waals surface area contributed by atoms with Gasteiger partial charge in [0.05, 0.1) is 17.2 Å². The van der Waals surface area contributed by atoms with Gasteiger partial charge in [-0.1, -0.05) is 34.5 Å². The van der Waals surface area contributed by atoms with Crippen molar-refractivity contribution in [3.8, 4) is 0 Å². The molecule has 94 valence electrons. The van der Waals surface area contributed by atoms with Crippen LogP contribution in [-0.4, -0.2) is 26.2 Å². The van der Waals surface area contributed by atoms with E-state index in [9.17, 15) is 4.79 Å². The minimum Gasteiger partial charge on any atom is -0.384 e. The van der Waals surface area contributed by atoms with Gasteiger partial charge in [-0.2, -0.15) is 0 Å². The fourth-order valence-corrected chi connectivity index (χ4v) is 1.94. The number of hydrogen-bond donors (Lipinski definition) is 1. The summed E-state index contributed by atoms with van der Waals surface area (Å²) in [6.07, 6.45) is 0. The molecule has 3 nitrogen and oxygen atoms in total. The Morgan fingerprint density at radius 1 is 1.59 bits per heavy atom. The lowest BCUT2D eigenvalue weighted by Gasteiger charge is -2.12. The Hall–Kier alpha value is -0.580. The van der Waals surface area contributed by atoms with Crippen LogP contribution in [0.5, 0.6) is 0 Å². The van der Waals surface area contributed by atoms with E-state index >= 15 is 0 Å². The van der Waals surface area contributed by atoms with Crippen LogP contribution >= 0.6 is 27.5 Å². The lowest BCUT2D eigenvalue weighted by Crippen LogP contribution is -2.30. The standard InChI is InChI=1S/C12H15BrClNO2/c1-8(7-17-2)6-15-12(16)10-5-9(13)3-4-11(10)14/h3-5,8H,6-7H2,1-2H3,(H,15,16). The summed E-state index contributed by atoms with van der Waals surface area (Å²) in [6.45, 7) is 3.19. The number of benzene rings is 1. The van der Waals surface area contributed by atoms with Gasteiger partial charge in [-0.05, 0) is 24.1 Å². The van der Waals surface area contributed by atoms with Crippen molar-refractivity contribution < 1.29 is 9.53 Å². The highest BCUT2D eigenvalue weighted by atomic mass is 79.9. The quantitative estimate of drug-likeness (QED) is 0.905. The first-order valence-corrected chi connectivity index (χ1v) is 6.44. The van der Waals surface area contributed by atoms with Crippen LogP contribution in [-0.2, 0) is 4.74 Å². The molecule has 0 saturated heterocycles. The molecule has 1 atom stereocenters. The first kappa shape index (κ1) is 14.5. The van der Waals surface area contributed by atoms with E-state index in [2.05, 4.69) is 21.2 Å². The van der Waals surface area contributed by atoms with E-state index in [1.165, 1.54) is 0 Å². The zero-order chi connectivity index (χ0) is 12.8. The van der Waals surface area contributed by atoms with Crippen molar-refractivity contribution >= 4 is 33.4 Å². The third-order valence-electron chi connectivity index (χ3n) is 2.24. The molecule has 1 aromatic rings. The van der Waals surface area contributed by atoms with E-state index in [1.807, 2.05) is 6.92 Å². The van der Waals surface area contributed by atoms with E-state index in [-0.39, 0.29) is 11.8 Å². The second-order valence-electron chi connectivity index (χ2n) is 3.89. The predicted octanol–water partition coefficient (Wildman–Crippen LogP) is 3.11. The summed E-state index contributed by atoms with van der Waals surface area (Å²) < 4.78 is 5.83. The summed E-state index contributed by atoms with van der Waals surface area (Å²) in [5.74, 6) is 0.106. The molecule has 0 bridgehead atoms. The Morgan fingerprint density at radius 2 is 2.29 bits per heavy atom. The second-order valence-corrected chi connectivity index (χ2v) is 5.22. The second kappa shape index (κ2) is 6.99. The summed E-state index contributed by atoms with van der Waals surface area (Å²) in [6, 6.07) is 5.20. The number of halogens is 2. The first-order chi connectivity index (χ1) is 8.04. The Bertz CT molecular complexity index is 398. The Labute approximate surface area is 115 Å². The van der Waals surface area contributed by atoms with Gasteiger partial charge in [-0.3, -0.25) is 4.79 Å². The number of nitrogens with one attached hydrogen (secondary N) is 1. The molecule has 0 aliphatic carbocycles. The average Bonchev–Trinajstić information content (AvgIpc) is 2.29. The lowest BCUT2D eigenvalue weighted by molar-refractivity contribution is 0.0934. The third-order valence-corrected chi connectivity index (χ3v) is 3.06. The lowest BCUT2D eigenvalue weighted by atomic mass is 10.1. The van der Waals surface area contributed by atoms with Gasteiger partial charge in [0.1, 0.15) is 0 Å². The maximum atomic E-state index is 11.9. The highest BCUT2D eigenvalue weighted by Crippen LogP contribution is 2.20. The molecule has 17 heavy (non-hydrogen) atoms. The van der Waals surface area contributed by atoms with Gasteiger partial charge in [-0.25, -0.2) is 0 Å². The molecule has 0 fully saturated rings. The zero-order valence-electron chi connectivity index (χ0n) is 9.80. The number of hydrogen-bond acceptors (Lipinski definition) is 2. The number of amides is 1. The summed E-state index contributed by atoms with van der Waals surface area (Å²) >= 11 is 9.27. The molecule has 0 aliphatic rings. The largest absolute Gasteiger partial charge is 0.384 e. The van der Waals surface area contributed by atoms with Crippen molar-refractivity contribution in [3.05, 3.63) is 33.3 Å². The van der Waals surface area contributed by atoms with E-state index in [0.717, 1.165) is 4.47 Å². The van der Waals surface area contributed by atoms with Gasteiger partial charge in [0, 0.05) is 18.1 Å². The number of carbonyl (C=O) groups excluding carboxylic acids is 1. The average molecular weight is 321 g/mol. The highest BCUT2D eigenvalue weighted by Gasteiger charge is 2.11. The summed E-state index contributed by atoms with van der Waals surface area (Å²) in [7, 11) is 1.64. The van der Waals surface area contributed by atoms with Crippen LogP contribution in [0.3, 0.4) is 0 Å². The molecule has 0 saturated carbocycles. The molecule has 0 heterocycles. The van der Waals surface area contributed by atoms with Gasteiger partial charge in [-0.15, -0.1) is 0 Å². The van der Waals surface area contributed by atoms with Crippen LogP contribution in [0, 0.1) is 5.92 Å². The van der Waals surface area contributed by atoms with Gasteiger partial charge in [0.15, 0.2) is 0 Å². The van der Waals surface area contributed by atoms with Crippen molar-refractivity contribution in [1.29, 1.82) is 0 Å². The Balaban J connectivity index is 2.61. The van der Waals surface area contributed by atoms with Crippen molar-refractivity contribution in [3.63, 3.8) is 0 Å². The van der Waals surface area contributed by atoms with Gasteiger partial charge in [0.25, 0.3) is 5.91 Å².